The van der Waals surface area contributed by atoms with Crippen molar-refractivity contribution in [2.75, 3.05) is 40.4 Å². The molecule has 0 fully saturated rings. The van der Waals surface area contributed by atoms with E-state index in [-0.39, 0.29) is 11.4 Å². The molecular formula is C26H34N2O5S. The lowest BCUT2D eigenvalue weighted by molar-refractivity contribution is -0.129. The van der Waals surface area contributed by atoms with Crippen LogP contribution in [0.3, 0.4) is 0 Å². The molecular weight excluding hydrogens is 452 g/mol. The number of carbonyl (C=O) groups excluding carboxylic acids is 2. The van der Waals surface area contributed by atoms with Crippen LogP contribution in [0.15, 0.2) is 47.0 Å². The molecule has 2 aromatic rings. The van der Waals surface area contributed by atoms with E-state index in [2.05, 4.69) is 6.92 Å². The Morgan fingerprint density at radius 1 is 1.15 bits per heavy atom. The summed E-state index contributed by atoms with van der Waals surface area (Å²) in [5.41, 5.74) is 0.797. The van der Waals surface area contributed by atoms with Crippen LogP contribution in [0.2, 0.25) is 0 Å². The molecule has 3 rings (SSSR count). The molecule has 0 saturated carbocycles. The van der Waals surface area contributed by atoms with Gasteiger partial charge in [0.25, 0.3) is 5.91 Å². The van der Waals surface area contributed by atoms with E-state index in [0.717, 1.165) is 19.3 Å². The minimum absolute atomic E-state index is 0.102. The van der Waals surface area contributed by atoms with Crippen molar-refractivity contribution >= 4 is 23.0 Å². The van der Waals surface area contributed by atoms with E-state index in [0.29, 0.717) is 48.2 Å². The standard InChI is InChI=1S/C26H34N2O5S/c1-5-7-8-15-33-19-12-11-18(17-20(19)32-6-2)23-22(24(29)21-10-9-16-34-21)25(30)26(31)28(23)14-13-27(3)4/h9-12,16-17,23,30H,5-8,13-15H2,1-4H3. The first-order valence-corrected chi connectivity index (χ1v) is 12.6. The maximum atomic E-state index is 13.4. The summed E-state index contributed by atoms with van der Waals surface area (Å²) in [6.45, 7) is 6.03. The number of aliphatic hydroxyl groups is 1. The van der Waals surface area contributed by atoms with Crippen LogP contribution in [-0.4, -0.2) is 67.0 Å². The van der Waals surface area contributed by atoms with Gasteiger partial charge in [0.1, 0.15) is 0 Å². The Morgan fingerprint density at radius 3 is 2.59 bits per heavy atom. The molecule has 1 amide bonds. The van der Waals surface area contributed by atoms with E-state index in [1.165, 1.54) is 11.3 Å². The lowest BCUT2D eigenvalue weighted by atomic mass is 9.95. The number of unbranched alkanes of at least 4 members (excludes halogenated alkanes) is 2. The molecule has 1 unspecified atom stereocenters. The van der Waals surface area contributed by atoms with Crippen LogP contribution in [0.25, 0.3) is 0 Å². The number of hydrogen-bond donors (Lipinski definition) is 1. The first kappa shape index (κ1) is 25.8. The minimum Gasteiger partial charge on any atom is -0.503 e. The van der Waals surface area contributed by atoms with Crippen molar-refractivity contribution < 1.29 is 24.2 Å². The molecule has 1 aromatic heterocycles. The Morgan fingerprint density at radius 2 is 1.94 bits per heavy atom. The van der Waals surface area contributed by atoms with Gasteiger partial charge in [0.2, 0.25) is 5.78 Å². The van der Waals surface area contributed by atoms with E-state index in [1.54, 1.807) is 22.4 Å². The summed E-state index contributed by atoms with van der Waals surface area (Å²) >= 11 is 1.29. The molecule has 2 heterocycles. The van der Waals surface area contributed by atoms with Gasteiger partial charge < -0.3 is 24.4 Å². The predicted molar refractivity (Wildman–Crippen MR) is 134 cm³/mol. The van der Waals surface area contributed by atoms with E-state index < -0.39 is 17.7 Å². The van der Waals surface area contributed by atoms with Crippen LogP contribution in [0, 0.1) is 0 Å². The molecule has 1 aliphatic heterocycles. The second kappa shape index (κ2) is 12.0. The van der Waals surface area contributed by atoms with E-state index in [9.17, 15) is 14.7 Å². The summed E-state index contributed by atoms with van der Waals surface area (Å²) in [6.07, 6.45) is 3.15. The highest BCUT2D eigenvalue weighted by molar-refractivity contribution is 7.12. The van der Waals surface area contributed by atoms with Gasteiger partial charge in [-0.1, -0.05) is 31.9 Å². The summed E-state index contributed by atoms with van der Waals surface area (Å²) in [6, 6.07) is 8.26. The minimum atomic E-state index is -0.713. The summed E-state index contributed by atoms with van der Waals surface area (Å²) in [5.74, 6) is -0.170. The highest BCUT2D eigenvalue weighted by atomic mass is 32.1. The lowest BCUT2D eigenvalue weighted by Crippen LogP contribution is -2.36. The Labute approximate surface area is 205 Å². The molecule has 8 heteroatoms. The number of ether oxygens (including phenoxy) is 2. The van der Waals surface area contributed by atoms with Gasteiger partial charge in [0, 0.05) is 13.1 Å². The number of hydrogen-bond acceptors (Lipinski definition) is 7. The Bertz CT molecular complexity index is 1020. The fourth-order valence-corrected chi connectivity index (χ4v) is 4.61. The van der Waals surface area contributed by atoms with Crippen molar-refractivity contribution in [1.82, 2.24) is 9.80 Å². The summed E-state index contributed by atoms with van der Waals surface area (Å²) in [4.78, 5) is 30.4. The third-order valence-electron chi connectivity index (χ3n) is 5.67. The summed E-state index contributed by atoms with van der Waals surface area (Å²) in [5, 5.41) is 12.6. The molecule has 34 heavy (non-hydrogen) atoms. The molecule has 0 aliphatic carbocycles. The van der Waals surface area contributed by atoms with Crippen LogP contribution in [0.1, 0.15) is 54.4 Å². The van der Waals surface area contributed by atoms with Crippen LogP contribution < -0.4 is 9.47 Å². The number of rotatable bonds is 13. The summed E-state index contributed by atoms with van der Waals surface area (Å²) in [7, 11) is 3.83. The van der Waals surface area contributed by atoms with Crippen LogP contribution in [0.4, 0.5) is 0 Å². The van der Waals surface area contributed by atoms with Crippen molar-refractivity contribution in [2.45, 2.75) is 39.2 Å². The average molecular weight is 487 g/mol. The van der Waals surface area contributed by atoms with Gasteiger partial charge in [-0.2, -0.15) is 0 Å². The molecule has 0 radical (unpaired) electrons. The largest absolute Gasteiger partial charge is 0.503 e. The van der Waals surface area contributed by atoms with Gasteiger partial charge in [-0.15, -0.1) is 11.3 Å². The summed E-state index contributed by atoms with van der Waals surface area (Å²) < 4.78 is 11.8. The first-order valence-electron chi connectivity index (χ1n) is 11.8. The molecule has 0 spiro atoms. The highest BCUT2D eigenvalue weighted by Crippen LogP contribution is 2.42. The zero-order valence-electron chi connectivity index (χ0n) is 20.4. The number of amides is 1. The number of carbonyl (C=O) groups is 2. The zero-order chi connectivity index (χ0) is 24.7. The van der Waals surface area contributed by atoms with Crippen molar-refractivity contribution in [3.63, 3.8) is 0 Å². The smallest absolute Gasteiger partial charge is 0.290 e. The van der Waals surface area contributed by atoms with Gasteiger partial charge in [-0.05, 0) is 56.6 Å². The molecule has 1 N–H and O–H groups in total. The highest BCUT2D eigenvalue weighted by Gasteiger charge is 2.44. The van der Waals surface area contributed by atoms with E-state index in [4.69, 9.17) is 9.47 Å². The Kier molecular flexibility index (Phi) is 9.12. The Balaban J connectivity index is 2.00. The van der Waals surface area contributed by atoms with Crippen LogP contribution in [0.5, 0.6) is 11.5 Å². The van der Waals surface area contributed by atoms with Crippen molar-refractivity contribution in [3.05, 3.63) is 57.5 Å². The normalized spacial score (nSPS) is 16.0. The fraction of sp³-hybridized carbons (Fsp3) is 0.462. The second-order valence-corrected chi connectivity index (χ2v) is 9.42. The molecule has 1 aliphatic rings. The molecule has 0 bridgehead atoms. The SMILES string of the molecule is CCCCCOc1ccc(C2C(C(=O)c3cccs3)=C(O)C(=O)N2CCN(C)C)cc1OCC. The Hall–Kier alpha value is -2.84. The molecule has 7 nitrogen and oxygen atoms in total. The predicted octanol–water partition coefficient (Wildman–Crippen LogP) is 4.86. The quantitative estimate of drug-likeness (QED) is 0.322. The number of benzene rings is 1. The molecule has 1 aromatic carbocycles. The van der Waals surface area contributed by atoms with Gasteiger partial charge >= 0.3 is 0 Å². The average Bonchev–Trinajstić information content (AvgIpc) is 3.43. The van der Waals surface area contributed by atoms with Gasteiger partial charge in [0.05, 0.1) is 29.7 Å². The van der Waals surface area contributed by atoms with E-state index in [1.807, 2.05) is 44.1 Å². The van der Waals surface area contributed by atoms with Gasteiger partial charge in [-0.3, -0.25) is 9.59 Å². The van der Waals surface area contributed by atoms with Crippen molar-refractivity contribution in [1.29, 1.82) is 0 Å². The number of Topliss-reactive ketones (excluding diaryl/α,β-unsaturated/α-hetero) is 1. The van der Waals surface area contributed by atoms with E-state index >= 15 is 0 Å². The number of thiophene rings is 1. The van der Waals surface area contributed by atoms with Crippen LogP contribution in [-0.2, 0) is 4.79 Å². The number of likely N-dealkylation sites (N-methyl/N-ethyl adjacent to an activating group) is 1. The number of ketones is 1. The van der Waals surface area contributed by atoms with Crippen molar-refractivity contribution in [2.24, 2.45) is 0 Å². The third-order valence-corrected chi connectivity index (χ3v) is 6.54. The van der Waals surface area contributed by atoms with Crippen LogP contribution >= 0.6 is 11.3 Å². The molecule has 184 valence electrons. The van der Waals surface area contributed by atoms with Gasteiger partial charge in [0.15, 0.2) is 17.3 Å². The lowest BCUT2D eigenvalue weighted by Gasteiger charge is -2.28. The zero-order valence-corrected chi connectivity index (χ0v) is 21.2. The fourth-order valence-electron chi connectivity index (χ4n) is 3.93. The first-order chi connectivity index (χ1) is 16.4. The monoisotopic (exact) mass is 486 g/mol. The van der Waals surface area contributed by atoms with Crippen molar-refractivity contribution in [3.8, 4) is 11.5 Å². The third kappa shape index (κ3) is 5.80. The maximum Gasteiger partial charge on any atom is 0.290 e. The maximum absolute atomic E-state index is 13.4. The number of nitrogens with zero attached hydrogens (tertiary/aromatic N) is 2. The molecule has 1 atom stereocenters. The number of aliphatic hydroxyl groups excluding tert-OH is 1. The second-order valence-electron chi connectivity index (χ2n) is 8.47. The van der Waals surface area contributed by atoms with Gasteiger partial charge in [-0.25, -0.2) is 0 Å². The topological polar surface area (TPSA) is 79.3 Å². The molecule has 0 saturated heterocycles.